The Morgan fingerprint density at radius 3 is 2.52 bits per heavy atom. The van der Waals surface area contributed by atoms with Crippen LogP contribution in [0.3, 0.4) is 0 Å². The zero-order chi connectivity index (χ0) is 16.2. The summed E-state index contributed by atoms with van der Waals surface area (Å²) in [6, 6.07) is -1.63. The van der Waals surface area contributed by atoms with Crippen LogP contribution >= 0.6 is 11.8 Å². The number of nitrogens with one attached hydrogen (secondary N) is 1. The van der Waals surface area contributed by atoms with Crippen molar-refractivity contribution in [1.82, 2.24) is 10.2 Å². The SMILES string of the molecule is CC(C)C[C@@H](NC(=O)N1CCSCC1S(C)(=O)=O)C(=O)O. The van der Waals surface area contributed by atoms with Gasteiger partial charge in [0.05, 0.1) is 0 Å². The van der Waals surface area contributed by atoms with Gasteiger partial charge in [0.1, 0.15) is 11.4 Å². The molecule has 2 amide bonds. The van der Waals surface area contributed by atoms with E-state index in [9.17, 15) is 18.0 Å². The van der Waals surface area contributed by atoms with E-state index < -0.39 is 33.3 Å². The van der Waals surface area contributed by atoms with Crippen LogP contribution in [0.2, 0.25) is 0 Å². The number of aliphatic carboxylic acids is 1. The first-order chi connectivity index (χ1) is 9.62. The maximum Gasteiger partial charge on any atom is 0.326 e. The van der Waals surface area contributed by atoms with Gasteiger partial charge in [-0.15, -0.1) is 0 Å². The largest absolute Gasteiger partial charge is 0.480 e. The van der Waals surface area contributed by atoms with E-state index in [1.165, 1.54) is 16.7 Å². The fraction of sp³-hybridized carbons (Fsp3) is 0.833. The Morgan fingerprint density at radius 2 is 2.05 bits per heavy atom. The fourth-order valence-electron chi connectivity index (χ4n) is 2.09. The van der Waals surface area contributed by atoms with Crippen LogP contribution in [0, 0.1) is 5.92 Å². The van der Waals surface area contributed by atoms with Crippen molar-refractivity contribution in [3.63, 3.8) is 0 Å². The average molecular weight is 338 g/mol. The Labute approximate surface area is 129 Å². The van der Waals surface area contributed by atoms with Gasteiger partial charge < -0.3 is 15.3 Å². The maximum atomic E-state index is 12.2. The molecule has 1 saturated heterocycles. The summed E-state index contributed by atoms with van der Waals surface area (Å²) in [6.45, 7) is 4.01. The third kappa shape index (κ3) is 5.39. The Kier molecular flexibility index (Phi) is 6.33. The molecule has 1 aliphatic heterocycles. The summed E-state index contributed by atoms with van der Waals surface area (Å²) >= 11 is 1.47. The number of rotatable bonds is 5. The fourth-order valence-corrected chi connectivity index (χ4v) is 4.91. The van der Waals surface area contributed by atoms with Crippen molar-refractivity contribution in [1.29, 1.82) is 0 Å². The number of carbonyl (C=O) groups is 2. The van der Waals surface area contributed by atoms with Crippen LogP contribution in [-0.2, 0) is 14.6 Å². The van der Waals surface area contributed by atoms with E-state index in [0.29, 0.717) is 24.5 Å². The van der Waals surface area contributed by atoms with Crippen LogP contribution in [0.5, 0.6) is 0 Å². The van der Waals surface area contributed by atoms with Crippen LogP contribution in [0.15, 0.2) is 0 Å². The number of sulfone groups is 1. The Balaban J connectivity index is 2.82. The molecule has 0 spiro atoms. The van der Waals surface area contributed by atoms with Crippen LogP contribution in [-0.4, -0.2) is 66.1 Å². The average Bonchev–Trinajstić information content (AvgIpc) is 2.36. The molecule has 1 rings (SSSR count). The summed E-state index contributed by atoms with van der Waals surface area (Å²) < 4.78 is 23.5. The molecule has 2 N–H and O–H groups in total. The molecule has 0 aromatic carbocycles. The molecule has 9 heteroatoms. The number of carbonyl (C=O) groups excluding carboxylic acids is 1. The lowest BCUT2D eigenvalue weighted by atomic mass is 10.0. The van der Waals surface area contributed by atoms with E-state index in [-0.39, 0.29) is 5.92 Å². The predicted molar refractivity (Wildman–Crippen MR) is 82.1 cm³/mol. The summed E-state index contributed by atoms with van der Waals surface area (Å²) in [7, 11) is -3.40. The summed E-state index contributed by atoms with van der Waals surface area (Å²) in [5.74, 6) is -0.0523. The molecule has 0 radical (unpaired) electrons. The quantitative estimate of drug-likeness (QED) is 0.761. The maximum absolute atomic E-state index is 12.2. The Hall–Kier alpha value is -0.960. The van der Waals surface area contributed by atoms with E-state index >= 15 is 0 Å². The molecule has 0 aromatic heterocycles. The summed E-state index contributed by atoms with van der Waals surface area (Å²) in [6.07, 6.45) is 1.39. The highest BCUT2D eigenvalue weighted by Gasteiger charge is 2.35. The molecule has 21 heavy (non-hydrogen) atoms. The van der Waals surface area contributed by atoms with Crippen LogP contribution in [0.4, 0.5) is 4.79 Å². The normalized spacial score (nSPS) is 21.1. The monoisotopic (exact) mass is 338 g/mol. The molecular formula is C12H22N2O5S2. The topological polar surface area (TPSA) is 104 Å². The van der Waals surface area contributed by atoms with Crippen molar-refractivity contribution < 1.29 is 23.1 Å². The summed E-state index contributed by atoms with van der Waals surface area (Å²) in [4.78, 5) is 24.6. The Bertz CT molecular complexity index is 492. The van der Waals surface area contributed by atoms with E-state index in [1.54, 1.807) is 0 Å². The minimum atomic E-state index is -3.40. The standard InChI is InChI=1S/C12H22N2O5S2/c1-8(2)6-9(11(15)16)13-12(17)14-4-5-20-7-10(14)21(3,18)19/h8-10H,4-7H2,1-3H3,(H,13,17)(H,15,16)/t9-,10?/m1/s1. The van der Waals surface area contributed by atoms with Crippen LogP contribution < -0.4 is 5.32 Å². The summed E-state index contributed by atoms with van der Waals surface area (Å²) in [5.41, 5.74) is 0. The van der Waals surface area contributed by atoms with Crippen molar-refractivity contribution in [3.05, 3.63) is 0 Å². The second-order valence-corrected chi connectivity index (χ2v) is 8.88. The first-order valence-corrected chi connectivity index (χ1v) is 9.80. The van der Waals surface area contributed by atoms with Crippen LogP contribution in [0.25, 0.3) is 0 Å². The minimum Gasteiger partial charge on any atom is -0.480 e. The van der Waals surface area contributed by atoms with Crippen molar-refractivity contribution in [2.45, 2.75) is 31.7 Å². The van der Waals surface area contributed by atoms with Gasteiger partial charge in [-0.25, -0.2) is 18.0 Å². The molecule has 2 atom stereocenters. The van der Waals surface area contributed by atoms with E-state index in [2.05, 4.69) is 5.32 Å². The number of thioether (sulfide) groups is 1. The van der Waals surface area contributed by atoms with Crippen molar-refractivity contribution >= 4 is 33.6 Å². The predicted octanol–water partition coefficient (Wildman–Crippen LogP) is 0.615. The number of hydrogen-bond donors (Lipinski definition) is 2. The van der Waals surface area contributed by atoms with Crippen molar-refractivity contribution in [2.24, 2.45) is 5.92 Å². The lowest BCUT2D eigenvalue weighted by Crippen LogP contribution is -2.56. The number of carboxylic acid groups (broad SMARTS) is 1. The van der Waals surface area contributed by atoms with Crippen molar-refractivity contribution in [2.75, 3.05) is 24.3 Å². The lowest BCUT2D eigenvalue weighted by Gasteiger charge is -2.34. The highest BCUT2D eigenvalue weighted by molar-refractivity contribution is 8.00. The van der Waals surface area contributed by atoms with Gasteiger partial charge >= 0.3 is 12.0 Å². The molecule has 1 fully saturated rings. The molecule has 1 aliphatic rings. The molecule has 1 unspecified atom stereocenters. The molecule has 0 aliphatic carbocycles. The van der Waals surface area contributed by atoms with Gasteiger partial charge in [0.25, 0.3) is 0 Å². The first kappa shape index (κ1) is 18.1. The molecular weight excluding hydrogens is 316 g/mol. The molecule has 122 valence electrons. The van der Waals surface area contributed by atoms with Gasteiger partial charge in [0, 0.05) is 24.3 Å². The second-order valence-electron chi connectivity index (χ2n) is 5.52. The van der Waals surface area contributed by atoms with Gasteiger partial charge in [-0.1, -0.05) is 13.8 Å². The first-order valence-electron chi connectivity index (χ1n) is 6.69. The zero-order valence-corrected chi connectivity index (χ0v) is 14.0. The van der Waals surface area contributed by atoms with Crippen LogP contribution in [0.1, 0.15) is 20.3 Å². The zero-order valence-electron chi connectivity index (χ0n) is 12.4. The van der Waals surface area contributed by atoms with Gasteiger partial charge in [-0.3, -0.25) is 0 Å². The van der Waals surface area contributed by atoms with Crippen molar-refractivity contribution in [3.8, 4) is 0 Å². The highest BCUT2D eigenvalue weighted by Crippen LogP contribution is 2.20. The number of urea groups is 1. The summed E-state index contributed by atoms with van der Waals surface area (Å²) in [5, 5.41) is 10.7. The molecule has 0 bridgehead atoms. The van der Waals surface area contributed by atoms with E-state index in [0.717, 1.165) is 6.26 Å². The number of nitrogens with zero attached hydrogens (tertiary/aromatic N) is 1. The molecule has 0 aromatic rings. The lowest BCUT2D eigenvalue weighted by molar-refractivity contribution is -0.139. The molecule has 0 saturated carbocycles. The third-order valence-electron chi connectivity index (χ3n) is 3.14. The highest BCUT2D eigenvalue weighted by atomic mass is 32.2. The van der Waals surface area contributed by atoms with Gasteiger partial charge in [0.15, 0.2) is 9.84 Å². The minimum absolute atomic E-state index is 0.106. The van der Waals surface area contributed by atoms with Gasteiger partial charge in [-0.05, 0) is 12.3 Å². The second kappa shape index (κ2) is 7.35. The number of carboxylic acids is 1. The third-order valence-corrected chi connectivity index (χ3v) is 5.79. The smallest absolute Gasteiger partial charge is 0.326 e. The van der Waals surface area contributed by atoms with E-state index in [4.69, 9.17) is 5.11 Å². The van der Waals surface area contributed by atoms with Gasteiger partial charge in [-0.2, -0.15) is 11.8 Å². The van der Waals surface area contributed by atoms with E-state index in [1.807, 2.05) is 13.8 Å². The van der Waals surface area contributed by atoms with Gasteiger partial charge in [0.2, 0.25) is 0 Å². The molecule has 1 heterocycles. The number of hydrogen-bond acceptors (Lipinski definition) is 5. The Morgan fingerprint density at radius 1 is 1.43 bits per heavy atom. The molecule has 7 nitrogen and oxygen atoms in total. The number of amides is 2.